The predicted molar refractivity (Wildman–Crippen MR) is 106 cm³/mol. The van der Waals surface area contributed by atoms with Gasteiger partial charge in [0.05, 0.1) is 11.5 Å². The van der Waals surface area contributed by atoms with Crippen molar-refractivity contribution in [2.45, 2.75) is 78.1 Å². The Hall–Kier alpha value is -1.34. The van der Waals surface area contributed by atoms with Crippen molar-refractivity contribution in [3.8, 4) is 6.07 Å². The van der Waals surface area contributed by atoms with Crippen molar-refractivity contribution >= 4 is 5.90 Å². The highest BCUT2D eigenvalue weighted by Crippen LogP contribution is 2.30. The predicted octanol–water partition coefficient (Wildman–Crippen LogP) is 5.07. The molecule has 26 heavy (non-hydrogen) atoms. The molecule has 0 aromatic rings. The number of ether oxygens (including phenoxy) is 1. The Morgan fingerprint density at radius 2 is 1.88 bits per heavy atom. The second-order valence-corrected chi connectivity index (χ2v) is 8.97. The maximum Gasteiger partial charge on any atom is 0.188 e. The van der Waals surface area contributed by atoms with Crippen LogP contribution in [0.25, 0.3) is 0 Å². The van der Waals surface area contributed by atoms with Crippen molar-refractivity contribution in [1.29, 1.82) is 5.26 Å². The van der Waals surface area contributed by atoms with Gasteiger partial charge in [0.2, 0.25) is 0 Å². The summed E-state index contributed by atoms with van der Waals surface area (Å²) in [6.45, 7) is 7.84. The molecule has 0 N–H and O–H groups in total. The summed E-state index contributed by atoms with van der Waals surface area (Å²) in [6.07, 6.45) is 12.8. The normalized spacial score (nSPS) is 23.0. The van der Waals surface area contributed by atoms with Gasteiger partial charge >= 0.3 is 0 Å². The Kier molecular flexibility index (Phi) is 6.75. The van der Waals surface area contributed by atoms with Crippen molar-refractivity contribution in [2.75, 3.05) is 26.2 Å². The fourth-order valence-electron chi connectivity index (χ4n) is 4.32. The van der Waals surface area contributed by atoms with E-state index in [1.54, 1.807) is 0 Å². The number of rotatable bonds is 5. The summed E-state index contributed by atoms with van der Waals surface area (Å²) in [5.74, 6) is 1.80. The first-order valence-corrected chi connectivity index (χ1v) is 10.6. The number of hydrogen-bond acceptors (Lipinski definition) is 4. The van der Waals surface area contributed by atoms with Crippen LogP contribution in [0.15, 0.2) is 16.3 Å². The van der Waals surface area contributed by atoms with Crippen molar-refractivity contribution in [3.05, 3.63) is 11.3 Å². The lowest BCUT2D eigenvalue weighted by Crippen LogP contribution is -2.28. The van der Waals surface area contributed by atoms with Crippen LogP contribution in [-0.2, 0) is 4.74 Å². The van der Waals surface area contributed by atoms with Crippen LogP contribution in [0.3, 0.4) is 0 Å². The maximum absolute atomic E-state index is 9.14. The van der Waals surface area contributed by atoms with Gasteiger partial charge in [-0.2, -0.15) is 5.26 Å². The third-order valence-corrected chi connectivity index (χ3v) is 6.18. The minimum atomic E-state index is -0.448. The van der Waals surface area contributed by atoms with Crippen LogP contribution < -0.4 is 0 Å². The summed E-state index contributed by atoms with van der Waals surface area (Å²) in [7, 11) is 0. The highest BCUT2D eigenvalue weighted by atomic mass is 16.5. The van der Waals surface area contributed by atoms with Gasteiger partial charge in [0.1, 0.15) is 6.61 Å². The van der Waals surface area contributed by atoms with E-state index in [2.05, 4.69) is 11.0 Å². The van der Waals surface area contributed by atoms with Gasteiger partial charge in [0, 0.05) is 31.6 Å². The van der Waals surface area contributed by atoms with Crippen LogP contribution in [0.2, 0.25) is 0 Å². The largest absolute Gasteiger partial charge is 0.479 e. The van der Waals surface area contributed by atoms with Crippen molar-refractivity contribution in [3.63, 3.8) is 0 Å². The number of nitrogens with zero attached hydrogens (tertiary/aromatic N) is 3. The van der Waals surface area contributed by atoms with Gasteiger partial charge in [-0.15, -0.1) is 0 Å². The fourth-order valence-corrected chi connectivity index (χ4v) is 4.32. The molecule has 0 radical (unpaired) electrons. The van der Waals surface area contributed by atoms with Gasteiger partial charge in [0.15, 0.2) is 5.90 Å². The van der Waals surface area contributed by atoms with Gasteiger partial charge in [-0.05, 0) is 51.1 Å². The molecule has 144 valence electrons. The van der Waals surface area contributed by atoms with Crippen molar-refractivity contribution in [1.82, 2.24) is 4.90 Å². The van der Waals surface area contributed by atoms with Gasteiger partial charge in [0.25, 0.3) is 0 Å². The molecule has 1 fully saturated rings. The SMILES string of the molecule is CC(C)(C#N)COC1=NC2=C(CC1)CCN(CCC1CCCCC1)CC2. The molecule has 4 heteroatoms. The quantitative estimate of drug-likeness (QED) is 0.690. The van der Waals surface area contributed by atoms with E-state index in [9.17, 15) is 0 Å². The van der Waals surface area contributed by atoms with E-state index in [0.29, 0.717) is 6.61 Å². The molecule has 1 saturated carbocycles. The summed E-state index contributed by atoms with van der Waals surface area (Å²) in [5, 5.41) is 9.14. The zero-order chi connectivity index (χ0) is 18.4. The molecule has 0 spiro atoms. The molecule has 0 atom stereocenters. The van der Waals surface area contributed by atoms with Crippen molar-refractivity contribution in [2.24, 2.45) is 16.3 Å². The monoisotopic (exact) mass is 357 g/mol. The lowest BCUT2D eigenvalue weighted by atomic mass is 9.87. The molecule has 0 unspecified atom stereocenters. The highest BCUT2D eigenvalue weighted by Gasteiger charge is 2.24. The van der Waals surface area contributed by atoms with Crippen LogP contribution in [0.1, 0.15) is 78.1 Å². The highest BCUT2D eigenvalue weighted by molar-refractivity contribution is 5.78. The third-order valence-electron chi connectivity index (χ3n) is 6.18. The van der Waals surface area contributed by atoms with E-state index in [-0.39, 0.29) is 0 Å². The van der Waals surface area contributed by atoms with Gasteiger partial charge in [-0.25, -0.2) is 4.99 Å². The fraction of sp³-hybridized carbons (Fsp3) is 0.818. The molecule has 3 rings (SSSR count). The average Bonchev–Trinajstić information content (AvgIpc) is 2.87. The van der Waals surface area contributed by atoms with E-state index in [0.717, 1.165) is 37.6 Å². The summed E-state index contributed by atoms with van der Waals surface area (Å²) < 4.78 is 5.86. The molecule has 4 nitrogen and oxygen atoms in total. The molecule has 0 saturated heterocycles. The Labute approximate surface area is 159 Å². The van der Waals surface area contributed by atoms with Crippen molar-refractivity contribution < 1.29 is 4.74 Å². The Balaban J connectivity index is 1.48. The molecule has 2 aliphatic heterocycles. The van der Waals surface area contributed by atoms with Gasteiger partial charge in [-0.3, -0.25) is 0 Å². The Morgan fingerprint density at radius 1 is 1.12 bits per heavy atom. The van der Waals surface area contributed by atoms with E-state index in [1.807, 2.05) is 13.8 Å². The molecular weight excluding hydrogens is 322 g/mol. The van der Waals surface area contributed by atoms with Crippen LogP contribution in [0.4, 0.5) is 0 Å². The summed E-state index contributed by atoms with van der Waals surface area (Å²) in [5.41, 5.74) is 2.36. The number of hydrogen-bond donors (Lipinski definition) is 0. The Morgan fingerprint density at radius 3 is 2.65 bits per heavy atom. The maximum atomic E-state index is 9.14. The van der Waals surface area contributed by atoms with E-state index in [4.69, 9.17) is 15.0 Å². The summed E-state index contributed by atoms with van der Waals surface area (Å²) in [4.78, 5) is 7.48. The first kappa shape index (κ1) is 19.4. The molecule has 3 aliphatic rings. The van der Waals surface area contributed by atoms with Crippen LogP contribution in [0, 0.1) is 22.7 Å². The smallest absolute Gasteiger partial charge is 0.188 e. The first-order valence-electron chi connectivity index (χ1n) is 10.6. The van der Waals surface area contributed by atoms with Crippen LogP contribution >= 0.6 is 0 Å². The van der Waals surface area contributed by atoms with Crippen LogP contribution in [-0.4, -0.2) is 37.0 Å². The van der Waals surface area contributed by atoms with E-state index in [1.165, 1.54) is 69.3 Å². The average molecular weight is 358 g/mol. The molecular formula is C22H35N3O. The second-order valence-electron chi connectivity index (χ2n) is 8.97. The zero-order valence-electron chi connectivity index (χ0n) is 16.7. The summed E-state index contributed by atoms with van der Waals surface area (Å²) in [6, 6.07) is 2.30. The molecule has 0 amide bonds. The molecule has 0 bridgehead atoms. The van der Waals surface area contributed by atoms with Gasteiger partial charge < -0.3 is 9.64 Å². The molecule has 0 aromatic carbocycles. The molecule has 0 aromatic heterocycles. The number of nitriles is 1. The second kappa shape index (κ2) is 9.04. The third kappa shape index (κ3) is 5.58. The van der Waals surface area contributed by atoms with Crippen LogP contribution in [0.5, 0.6) is 0 Å². The standard InChI is InChI=1S/C22H35N3O/c1-22(2,16-23)17-26-21-9-8-19-11-14-25(15-12-20(19)24-21)13-10-18-6-4-3-5-7-18/h18H,3-15,17H2,1-2H3. The zero-order valence-corrected chi connectivity index (χ0v) is 16.7. The topological polar surface area (TPSA) is 48.6 Å². The van der Waals surface area contributed by atoms with Gasteiger partial charge in [-0.1, -0.05) is 32.1 Å². The lowest BCUT2D eigenvalue weighted by molar-refractivity contribution is 0.209. The minimum Gasteiger partial charge on any atom is -0.479 e. The van der Waals surface area contributed by atoms with E-state index >= 15 is 0 Å². The Bertz CT molecular complexity index is 579. The first-order chi connectivity index (χ1) is 12.6. The molecule has 2 heterocycles. The molecule has 1 aliphatic carbocycles. The minimum absolute atomic E-state index is 0.429. The van der Waals surface area contributed by atoms with E-state index < -0.39 is 5.41 Å². The summed E-state index contributed by atoms with van der Waals surface area (Å²) >= 11 is 0. The lowest BCUT2D eigenvalue weighted by Gasteiger charge is -2.26. The number of aliphatic imine (C=N–C) groups is 1.